The summed E-state index contributed by atoms with van der Waals surface area (Å²) in [5.41, 5.74) is 0.881. The maximum atomic E-state index is 5.09. The molecule has 1 aromatic rings. The van der Waals surface area contributed by atoms with Crippen molar-refractivity contribution in [1.29, 1.82) is 0 Å². The number of quaternary nitrogens is 1. The van der Waals surface area contributed by atoms with Gasteiger partial charge in [0.2, 0.25) is 5.84 Å². The van der Waals surface area contributed by atoms with Crippen LogP contribution in [0.25, 0.3) is 0 Å². The number of nitrogens with one attached hydrogen (secondary N) is 1. The molecule has 5 heteroatoms. The minimum Gasteiger partial charge on any atom is -0.497 e. The van der Waals surface area contributed by atoms with Crippen molar-refractivity contribution in [1.82, 2.24) is 0 Å². The number of rotatable bonds is 2. The van der Waals surface area contributed by atoms with Crippen molar-refractivity contribution in [3.05, 3.63) is 36.9 Å². The fourth-order valence-corrected chi connectivity index (χ4v) is 1.16. The lowest BCUT2D eigenvalue weighted by molar-refractivity contribution is -0.868. The molecule has 0 saturated heterocycles. The number of ether oxygens (including phenoxy) is 1. The molecule has 0 amide bonds. The van der Waals surface area contributed by atoms with Gasteiger partial charge in [0.1, 0.15) is 5.75 Å². The van der Waals surface area contributed by atoms with Crippen LogP contribution in [0.5, 0.6) is 5.75 Å². The quantitative estimate of drug-likeness (QED) is 0.675. The average molecular weight is 190 g/mol. The molecule has 72 valence electrons. The Bertz CT molecular complexity index is 400. The van der Waals surface area contributed by atoms with Crippen LogP contribution in [-0.2, 0) is 0 Å². The second kappa shape index (κ2) is 3.55. The zero-order chi connectivity index (χ0) is 9.97. The van der Waals surface area contributed by atoms with Gasteiger partial charge in [0.25, 0.3) is 0 Å². The van der Waals surface area contributed by atoms with Gasteiger partial charge in [-0.05, 0) is 12.1 Å². The largest absolute Gasteiger partial charge is 0.497 e. The molecule has 0 saturated carbocycles. The first kappa shape index (κ1) is 8.83. The number of hydrogen-bond acceptors (Lipinski definition) is 4. The van der Waals surface area contributed by atoms with E-state index in [0.29, 0.717) is 11.0 Å². The fraction of sp³-hybridized carbons (Fsp3) is 0.111. The number of nitrogens with zero attached hydrogens (tertiary/aromatic N) is 3. The Hall–Kier alpha value is -1.75. The first-order chi connectivity index (χ1) is 6.79. The van der Waals surface area contributed by atoms with E-state index >= 15 is 0 Å². The summed E-state index contributed by atoms with van der Waals surface area (Å²) in [7, 11) is 5.21. The summed E-state index contributed by atoms with van der Waals surface area (Å²) in [5, 5.41) is 12.1. The van der Waals surface area contributed by atoms with Crippen LogP contribution >= 0.6 is 0 Å². The molecule has 0 spiro atoms. The van der Waals surface area contributed by atoms with Crippen molar-refractivity contribution in [3.8, 4) is 5.75 Å². The molecule has 1 unspecified atom stereocenters. The van der Waals surface area contributed by atoms with E-state index in [1.54, 1.807) is 7.11 Å². The molecule has 1 atom stereocenters. The molecule has 2 rings (SSSR count). The first-order valence-electron chi connectivity index (χ1n) is 4.13. The van der Waals surface area contributed by atoms with Crippen LogP contribution in [0.3, 0.4) is 0 Å². The first-order valence-corrected chi connectivity index (χ1v) is 4.13. The Morgan fingerprint density at radius 1 is 1.43 bits per heavy atom. The van der Waals surface area contributed by atoms with Gasteiger partial charge in [-0.3, -0.25) is 0 Å². The van der Waals surface area contributed by atoms with E-state index in [-0.39, 0.29) is 0 Å². The Balaban J connectivity index is 2.33. The van der Waals surface area contributed by atoms with Gasteiger partial charge in [-0.15, -0.1) is 0 Å². The zero-order valence-electron chi connectivity index (χ0n) is 7.77. The maximum absolute atomic E-state index is 5.09. The number of hydrogen-bond donors (Lipinski definition) is 1. The van der Waals surface area contributed by atoms with E-state index < -0.39 is 0 Å². The van der Waals surface area contributed by atoms with Gasteiger partial charge < -0.3 is 4.74 Å². The standard InChI is InChI=1S/C9H10N4O/c1-13-11-9(10-12-13)7-4-3-5-8(6-7)14-2/h3-6,13H,1H2,2H3. The Morgan fingerprint density at radius 3 is 2.93 bits per heavy atom. The monoisotopic (exact) mass is 190 g/mol. The topological polar surface area (TPSA) is 50.8 Å². The van der Waals surface area contributed by atoms with Gasteiger partial charge >= 0.3 is 0 Å². The van der Waals surface area contributed by atoms with Gasteiger partial charge in [0, 0.05) is 10.8 Å². The van der Waals surface area contributed by atoms with Gasteiger partial charge in [-0.1, -0.05) is 29.4 Å². The maximum Gasteiger partial charge on any atom is 0.241 e. The van der Waals surface area contributed by atoms with E-state index in [1.807, 2.05) is 24.3 Å². The predicted molar refractivity (Wildman–Crippen MR) is 50.7 cm³/mol. The molecule has 0 radical (unpaired) electrons. The molecule has 1 N–H and O–H groups in total. The molecule has 0 bridgehead atoms. The van der Waals surface area contributed by atoms with Crippen molar-refractivity contribution in [2.24, 2.45) is 15.4 Å². The van der Waals surface area contributed by atoms with Gasteiger partial charge in [0.15, 0.2) is 0 Å². The van der Waals surface area contributed by atoms with Crippen LogP contribution in [0.2, 0.25) is 0 Å². The molecule has 1 aromatic carbocycles. The van der Waals surface area contributed by atoms with E-state index in [2.05, 4.69) is 22.5 Å². The van der Waals surface area contributed by atoms with Crippen molar-refractivity contribution in [2.75, 3.05) is 7.11 Å². The lowest BCUT2D eigenvalue weighted by atomic mass is 10.2. The molecule has 1 aliphatic heterocycles. The van der Waals surface area contributed by atoms with Crippen LogP contribution in [-0.4, -0.2) is 12.9 Å². The molecule has 1 aliphatic rings. The second-order valence-corrected chi connectivity index (χ2v) is 2.78. The zero-order valence-corrected chi connectivity index (χ0v) is 7.77. The lowest BCUT2D eigenvalue weighted by Gasteiger charge is -2.00. The highest BCUT2D eigenvalue weighted by Gasteiger charge is 2.11. The second-order valence-electron chi connectivity index (χ2n) is 2.78. The van der Waals surface area contributed by atoms with Gasteiger partial charge in [-0.25, -0.2) is 0 Å². The normalized spacial score (nSPS) is 19.6. The summed E-state index contributed by atoms with van der Waals surface area (Å²) in [4.78, 5) is 0. The van der Waals surface area contributed by atoms with Crippen LogP contribution in [0, 0.1) is 7.05 Å². The van der Waals surface area contributed by atoms with E-state index in [1.165, 1.54) is 0 Å². The highest BCUT2D eigenvalue weighted by atomic mass is 16.5. The summed E-state index contributed by atoms with van der Waals surface area (Å²) >= 11 is 0. The minimum atomic E-state index is 0.433. The molecule has 0 aromatic heterocycles. The summed E-state index contributed by atoms with van der Waals surface area (Å²) in [6, 6.07) is 7.51. The summed E-state index contributed by atoms with van der Waals surface area (Å²) in [6.45, 7) is 0. The van der Waals surface area contributed by atoms with Crippen LogP contribution in [0.4, 0.5) is 0 Å². The predicted octanol–water partition coefficient (Wildman–Crippen LogP) is 0.414. The Labute approximate surface area is 81.7 Å². The molecular formula is C9H10N4O. The molecular weight excluding hydrogens is 180 g/mol. The number of benzene rings is 1. The molecule has 5 nitrogen and oxygen atoms in total. The van der Waals surface area contributed by atoms with Gasteiger partial charge in [-0.2, -0.15) is 5.12 Å². The van der Waals surface area contributed by atoms with Crippen LogP contribution in [0.1, 0.15) is 5.56 Å². The van der Waals surface area contributed by atoms with Crippen molar-refractivity contribution in [3.63, 3.8) is 0 Å². The van der Waals surface area contributed by atoms with Gasteiger partial charge in [0.05, 0.1) is 7.11 Å². The van der Waals surface area contributed by atoms with E-state index in [4.69, 9.17) is 4.74 Å². The molecule has 14 heavy (non-hydrogen) atoms. The highest BCUT2D eigenvalue weighted by molar-refractivity contribution is 5.99. The number of methoxy groups -OCH3 is 1. The highest BCUT2D eigenvalue weighted by Crippen LogP contribution is 2.14. The lowest BCUT2D eigenvalue weighted by Crippen LogP contribution is -2.95. The Kier molecular flexibility index (Phi) is 2.24. The third-order valence-corrected chi connectivity index (χ3v) is 1.82. The van der Waals surface area contributed by atoms with Crippen molar-refractivity contribution < 1.29 is 9.85 Å². The molecule has 0 fully saturated rings. The minimum absolute atomic E-state index is 0.433. The smallest absolute Gasteiger partial charge is 0.241 e. The van der Waals surface area contributed by atoms with E-state index in [0.717, 1.165) is 11.3 Å². The van der Waals surface area contributed by atoms with Crippen molar-refractivity contribution >= 4 is 5.84 Å². The summed E-state index contributed by atoms with van der Waals surface area (Å²) < 4.78 is 5.09. The van der Waals surface area contributed by atoms with Crippen LogP contribution < -0.4 is 9.85 Å². The Morgan fingerprint density at radius 2 is 2.29 bits per heavy atom. The fourth-order valence-electron chi connectivity index (χ4n) is 1.16. The number of amidine groups is 1. The summed E-state index contributed by atoms with van der Waals surface area (Å²) in [6.07, 6.45) is 0. The third-order valence-electron chi connectivity index (χ3n) is 1.82. The average Bonchev–Trinajstić information content (AvgIpc) is 2.65. The van der Waals surface area contributed by atoms with E-state index in [9.17, 15) is 0 Å². The van der Waals surface area contributed by atoms with Crippen LogP contribution in [0.15, 0.2) is 39.7 Å². The third kappa shape index (κ3) is 1.62. The SMILES string of the molecule is [CH2-][NH+]1N=NC(c2cccc(OC)c2)=N1. The molecule has 0 aliphatic carbocycles. The molecule has 1 heterocycles. The summed E-state index contributed by atoms with van der Waals surface area (Å²) in [5.74, 6) is 1.35. The van der Waals surface area contributed by atoms with Crippen molar-refractivity contribution in [2.45, 2.75) is 0 Å².